The number of benzene rings is 2. The maximum Gasteiger partial charge on any atom is 0.0504 e. The Kier molecular flexibility index (Phi) is 1.69. The molecule has 1 aliphatic rings. The second kappa shape index (κ2) is 3.05. The van der Waals surface area contributed by atoms with Crippen molar-refractivity contribution in [3.05, 3.63) is 59.8 Å². The molecule has 1 heteroatoms. The molecule has 4 rings (SSSR count). The van der Waals surface area contributed by atoms with Crippen molar-refractivity contribution >= 4 is 10.8 Å². The summed E-state index contributed by atoms with van der Waals surface area (Å²) in [4.78, 5) is 3.42. The van der Waals surface area contributed by atoms with E-state index in [1.807, 2.05) is 0 Å². The third-order valence-electron chi connectivity index (χ3n) is 4.27. The molecule has 2 aromatic carbocycles. The van der Waals surface area contributed by atoms with Gasteiger partial charge in [0.05, 0.1) is 5.69 Å². The monoisotopic (exact) mass is 233 g/mol. The molecule has 18 heavy (non-hydrogen) atoms. The van der Waals surface area contributed by atoms with Crippen molar-refractivity contribution < 1.29 is 0 Å². The van der Waals surface area contributed by atoms with Crippen LogP contribution >= 0.6 is 0 Å². The van der Waals surface area contributed by atoms with Crippen LogP contribution in [0.2, 0.25) is 0 Å². The molecule has 0 aliphatic heterocycles. The van der Waals surface area contributed by atoms with Gasteiger partial charge in [-0.2, -0.15) is 0 Å². The van der Waals surface area contributed by atoms with E-state index in [0.717, 1.165) is 0 Å². The second-order valence-electron chi connectivity index (χ2n) is 5.60. The topological polar surface area (TPSA) is 15.8 Å². The molecule has 1 aromatic heterocycles. The standard InChI is InChI=1S/C17H15N/c1-17(2)13-8-7-11-5-3-4-6-12(11)15(13)16-14(17)9-10-18-16/h3-10,18H,1-2H3. The van der Waals surface area contributed by atoms with Gasteiger partial charge in [-0.1, -0.05) is 50.2 Å². The summed E-state index contributed by atoms with van der Waals surface area (Å²) in [6.45, 7) is 4.61. The van der Waals surface area contributed by atoms with Crippen LogP contribution < -0.4 is 0 Å². The molecule has 3 aromatic rings. The van der Waals surface area contributed by atoms with Gasteiger partial charge in [-0.05, 0) is 28.0 Å². The highest BCUT2D eigenvalue weighted by Crippen LogP contribution is 2.50. The molecule has 88 valence electrons. The van der Waals surface area contributed by atoms with E-state index in [4.69, 9.17) is 0 Å². The van der Waals surface area contributed by atoms with Crippen LogP contribution in [0.25, 0.3) is 22.0 Å². The smallest absolute Gasteiger partial charge is 0.0504 e. The zero-order chi connectivity index (χ0) is 12.3. The second-order valence-corrected chi connectivity index (χ2v) is 5.60. The summed E-state index contributed by atoms with van der Waals surface area (Å²) in [5.74, 6) is 0. The summed E-state index contributed by atoms with van der Waals surface area (Å²) in [6, 6.07) is 15.4. The number of hydrogen-bond acceptors (Lipinski definition) is 0. The van der Waals surface area contributed by atoms with E-state index in [1.54, 1.807) is 0 Å². The number of fused-ring (bicyclic) bond motifs is 5. The third-order valence-corrected chi connectivity index (χ3v) is 4.27. The molecule has 0 amide bonds. The van der Waals surface area contributed by atoms with Crippen LogP contribution in [0.3, 0.4) is 0 Å². The molecule has 1 N–H and O–H groups in total. The molecule has 0 atom stereocenters. The first kappa shape index (κ1) is 9.95. The van der Waals surface area contributed by atoms with Gasteiger partial charge in [-0.3, -0.25) is 0 Å². The molecule has 1 heterocycles. The Bertz CT molecular complexity index is 762. The minimum atomic E-state index is 0.106. The summed E-state index contributed by atoms with van der Waals surface area (Å²) in [5.41, 5.74) is 5.64. The van der Waals surface area contributed by atoms with Crippen LogP contribution in [0, 0.1) is 0 Å². The highest BCUT2D eigenvalue weighted by atomic mass is 14.7. The number of nitrogens with one attached hydrogen (secondary N) is 1. The van der Waals surface area contributed by atoms with Crippen molar-refractivity contribution in [2.75, 3.05) is 0 Å². The quantitative estimate of drug-likeness (QED) is 0.589. The van der Waals surface area contributed by atoms with Gasteiger partial charge >= 0.3 is 0 Å². The molecule has 0 saturated heterocycles. The zero-order valence-corrected chi connectivity index (χ0v) is 10.6. The average Bonchev–Trinajstić information content (AvgIpc) is 2.93. The molecule has 0 spiro atoms. The molecular weight excluding hydrogens is 218 g/mol. The average molecular weight is 233 g/mol. The summed E-state index contributed by atoms with van der Waals surface area (Å²) < 4.78 is 0. The Hall–Kier alpha value is -2.02. The SMILES string of the molecule is CC1(C)c2cc[nH]c2-c2c1ccc1ccccc21. The minimum Gasteiger partial charge on any atom is -0.361 e. The van der Waals surface area contributed by atoms with E-state index in [2.05, 4.69) is 67.5 Å². The Balaban J connectivity index is 2.23. The predicted octanol–water partition coefficient (Wildman–Crippen LogP) is 4.47. The lowest BCUT2D eigenvalue weighted by Gasteiger charge is -2.20. The fourth-order valence-electron chi connectivity index (χ4n) is 3.30. The molecular formula is C17H15N. The predicted molar refractivity (Wildman–Crippen MR) is 75.9 cm³/mol. The van der Waals surface area contributed by atoms with Gasteiger partial charge in [0.25, 0.3) is 0 Å². The fourth-order valence-corrected chi connectivity index (χ4v) is 3.30. The van der Waals surface area contributed by atoms with E-state index in [-0.39, 0.29) is 5.41 Å². The van der Waals surface area contributed by atoms with Gasteiger partial charge in [0.2, 0.25) is 0 Å². The van der Waals surface area contributed by atoms with Crippen LogP contribution in [0.1, 0.15) is 25.0 Å². The lowest BCUT2D eigenvalue weighted by molar-refractivity contribution is 0.662. The minimum absolute atomic E-state index is 0.106. The van der Waals surface area contributed by atoms with Crippen LogP contribution in [-0.4, -0.2) is 4.98 Å². The first-order valence-electron chi connectivity index (χ1n) is 6.40. The van der Waals surface area contributed by atoms with Crippen LogP contribution in [-0.2, 0) is 5.41 Å². The highest BCUT2D eigenvalue weighted by Gasteiger charge is 2.36. The molecule has 1 nitrogen and oxygen atoms in total. The first-order chi connectivity index (χ1) is 8.69. The van der Waals surface area contributed by atoms with Gasteiger partial charge in [0, 0.05) is 17.2 Å². The van der Waals surface area contributed by atoms with Crippen molar-refractivity contribution in [1.82, 2.24) is 4.98 Å². The molecule has 1 aliphatic carbocycles. The largest absolute Gasteiger partial charge is 0.361 e. The molecule has 0 fully saturated rings. The maximum absolute atomic E-state index is 3.42. The van der Waals surface area contributed by atoms with Crippen LogP contribution in [0.4, 0.5) is 0 Å². The van der Waals surface area contributed by atoms with Gasteiger partial charge in [-0.15, -0.1) is 0 Å². The summed E-state index contributed by atoms with van der Waals surface area (Å²) >= 11 is 0. The first-order valence-corrected chi connectivity index (χ1v) is 6.40. The lowest BCUT2D eigenvalue weighted by atomic mass is 9.82. The Labute approximate surface area is 106 Å². The van der Waals surface area contributed by atoms with E-state index in [0.29, 0.717) is 0 Å². The van der Waals surface area contributed by atoms with Crippen LogP contribution in [0.15, 0.2) is 48.7 Å². The Morgan fingerprint density at radius 2 is 1.72 bits per heavy atom. The molecule has 0 bridgehead atoms. The summed E-state index contributed by atoms with van der Waals surface area (Å²) in [5, 5.41) is 2.67. The van der Waals surface area contributed by atoms with Crippen molar-refractivity contribution in [3.63, 3.8) is 0 Å². The number of H-pyrrole nitrogens is 1. The molecule has 0 saturated carbocycles. The van der Waals surface area contributed by atoms with Crippen molar-refractivity contribution in [1.29, 1.82) is 0 Å². The molecule has 0 radical (unpaired) electrons. The number of aromatic amines is 1. The highest BCUT2D eigenvalue weighted by molar-refractivity contribution is 6.01. The number of aromatic nitrogens is 1. The van der Waals surface area contributed by atoms with Gasteiger partial charge in [0.1, 0.15) is 0 Å². The lowest BCUT2D eigenvalue weighted by Crippen LogP contribution is -2.14. The third kappa shape index (κ3) is 1.02. The van der Waals surface area contributed by atoms with Crippen molar-refractivity contribution in [3.8, 4) is 11.3 Å². The van der Waals surface area contributed by atoms with Gasteiger partial charge in [0.15, 0.2) is 0 Å². The van der Waals surface area contributed by atoms with Gasteiger partial charge in [-0.25, -0.2) is 0 Å². The van der Waals surface area contributed by atoms with E-state index >= 15 is 0 Å². The van der Waals surface area contributed by atoms with E-state index in [1.165, 1.54) is 33.2 Å². The fraction of sp³-hybridized carbons (Fsp3) is 0.176. The Morgan fingerprint density at radius 3 is 2.61 bits per heavy atom. The normalized spacial score (nSPS) is 15.7. The van der Waals surface area contributed by atoms with Crippen molar-refractivity contribution in [2.24, 2.45) is 0 Å². The number of hydrogen-bond donors (Lipinski definition) is 1. The zero-order valence-electron chi connectivity index (χ0n) is 10.6. The maximum atomic E-state index is 3.42. The molecule has 0 unspecified atom stereocenters. The van der Waals surface area contributed by atoms with Crippen LogP contribution in [0.5, 0.6) is 0 Å². The van der Waals surface area contributed by atoms with E-state index < -0.39 is 0 Å². The summed E-state index contributed by atoms with van der Waals surface area (Å²) in [6.07, 6.45) is 2.05. The Morgan fingerprint density at radius 1 is 0.889 bits per heavy atom. The number of rotatable bonds is 0. The summed E-state index contributed by atoms with van der Waals surface area (Å²) in [7, 11) is 0. The van der Waals surface area contributed by atoms with Gasteiger partial charge < -0.3 is 4.98 Å². The van der Waals surface area contributed by atoms with Crippen molar-refractivity contribution in [2.45, 2.75) is 19.3 Å². The van der Waals surface area contributed by atoms with E-state index in [9.17, 15) is 0 Å².